The van der Waals surface area contributed by atoms with Gasteiger partial charge in [-0.25, -0.2) is 0 Å². The predicted octanol–water partition coefficient (Wildman–Crippen LogP) is 2.32. The maximum atomic E-state index is 12.4. The van der Waals surface area contributed by atoms with Crippen LogP contribution in [0.25, 0.3) is 0 Å². The van der Waals surface area contributed by atoms with E-state index < -0.39 is 0 Å². The molecule has 1 aromatic rings. The molecule has 0 fully saturated rings. The van der Waals surface area contributed by atoms with Crippen LogP contribution in [0.5, 0.6) is 0 Å². The van der Waals surface area contributed by atoms with E-state index in [1.807, 2.05) is 25.1 Å². The Bertz CT molecular complexity index is 617. The van der Waals surface area contributed by atoms with E-state index in [-0.39, 0.29) is 23.9 Å². The lowest BCUT2D eigenvalue weighted by atomic mass is 9.85. The molecule has 0 saturated carbocycles. The molecule has 1 heterocycles. The Morgan fingerprint density at radius 3 is 2.68 bits per heavy atom. The molecule has 2 N–H and O–H groups in total. The maximum absolute atomic E-state index is 12.4. The lowest BCUT2D eigenvalue weighted by Gasteiger charge is -2.39. The van der Waals surface area contributed by atoms with Gasteiger partial charge in [-0.3, -0.25) is 14.5 Å². The number of hydrogen-bond donors (Lipinski definition) is 1. The molecular weight excluding hydrogens is 320 g/mol. The van der Waals surface area contributed by atoms with Crippen molar-refractivity contribution < 1.29 is 19.1 Å². The van der Waals surface area contributed by atoms with Crippen LogP contribution < -0.4 is 5.73 Å². The molecule has 0 aromatic heterocycles. The number of fused-ring (bicyclic) bond motifs is 1. The number of carbonyl (C=O) groups excluding carboxylic acids is 2. The van der Waals surface area contributed by atoms with Crippen molar-refractivity contribution in [3.05, 3.63) is 29.3 Å². The van der Waals surface area contributed by atoms with Gasteiger partial charge in [0.2, 0.25) is 0 Å². The number of hydrogen-bond acceptors (Lipinski definition) is 6. The summed E-state index contributed by atoms with van der Waals surface area (Å²) in [7, 11) is 0. The summed E-state index contributed by atoms with van der Waals surface area (Å²) in [6.45, 7) is 7.52. The Kier molecular flexibility index (Phi) is 6.82. The minimum absolute atomic E-state index is 0.152. The Morgan fingerprint density at radius 2 is 2.00 bits per heavy atom. The summed E-state index contributed by atoms with van der Waals surface area (Å²) < 4.78 is 10.3. The van der Waals surface area contributed by atoms with E-state index in [2.05, 4.69) is 4.90 Å². The Morgan fingerprint density at radius 1 is 1.28 bits per heavy atom. The van der Waals surface area contributed by atoms with E-state index in [0.717, 1.165) is 18.5 Å². The number of nitrogens with two attached hydrogens (primary N) is 1. The number of nitrogen functional groups attached to an aromatic ring is 1. The Balaban J connectivity index is 2.25. The molecule has 2 atom stereocenters. The fourth-order valence-electron chi connectivity index (χ4n) is 3.42. The van der Waals surface area contributed by atoms with Gasteiger partial charge in [-0.2, -0.15) is 0 Å². The van der Waals surface area contributed by atoms with Crippen molar-refractivity contribution in [3.8, 4) is 0 Å². The van der Waals surface area contributed by atoms with Crippen LogP contribution in [0.15, 0.2) is 18.2 Å². The first kappa shape index (κ1) is 19.2. The lowest BCUT2D eigenvalue weighted by molar-refractivity contribution is -0.150. The normalized spacial score (nSPS) is 18.3. The molecule has 0 saturated heterocycles. The second-order valence-electron chi connectivity index (χ2n) is 6.28. The van der Waals surface area contributed by atoms with Crippen LogP contribution in [0.4, 0.5) is 5.69 Å². The van der Waals surface area contributed by atoms with Crippen LogP contribution in [0.3, 0.4) is 0 Å². The van der Waals surface area contributed by atoms with Crippen molar-refractivity contribution in [2.45, 2.75) is 39.7 Å². The highest BCUT2D eigenvalue weighted by atomic mass is 16.5. The minimum Gasteiger partial charge on any atom is -0.466 e. The summed E-state index contributed by atoms with van der Waals surface area (Å²) in [5.74, 6) is -0.796. The first-order chi connectivity index (χ1) is 12.0. The van der Waals surface area contributed by atoms with Crippen LogP contribution in [-0.2, 0) is 25.5 Å². The molecule has 1 aliphatic heterocycles. The molecule has 2 rings (SSSR count). The van der Waals surface area contributed by atoms with E-state index in [1.165, 1.54) is 5.56 Å². The predicted molar refractivity (Wildman–Crippen MR) is 95.9 cm³/mol. The molecule has 2 unspecified atom stereocenters. The average Bonchev–Trinajstić information content (AvgIpc) is 2.59. The highest BCUT2D eigenvalue weighted by molar-refractivity contribution is 5.73. The monoisotopic (exact) mass is 348 g/mol. The van der Waals surface area contributed by atoms with Crippen LogP contribution in [-0.4, -0.2) is 43.1 Å². The summed E-state index contributed by atoms with van der Waals surface area (Å²) in [5, 5.41) is 0. The fraction of sp³-hybridized carbons (Fsp3) is 0.579. The van der Waals surface area contributed by atoms with Crippen molar-refractivity contribution in [1.82, 2.24) is 4.90 Å². The van der Waals surface area contributed by atoms with Crippen molar-refractivity contribution in [3.63, 3.8) is 0 Å². The van der Waals surface area contributed by atoms with Gasteiger partial charge in [0.25, 0.3) is 0 Å². The van der Waals surface area contributed by atoms with Crippen molar-refractivity contribution >= 4 is 17.6 Å². The largest absolute Gasteiger partial charge is 0.466 e. The molecule has 1 aliphatic rings. The van der Waals surface area contributed by atoms with Crippen LogP contribution >= 0.6 is 0 Å². The van der Waals surface area contributed by atoms with Gasteiger partial charge in [-0.15, -0.1) is 0 Å². The average molecular weight is 348 g/mol. The van der Waals surface area contributed by atoms with E-state index in [1.54, 1.807) is 13.8 Å². The van der Waals surface area contributed by atoms with Gasteiger partial charge in [0.15, 0.2) is 0 Å². The highest BCUT2D eigenvalue weighted by Gasteiger charge is 2.36. The Hall–Kier alpha value is -2.08. The van der Waals surface area contributed by atoms with E-state index in [0.29, 0.717) is 31.9 Å². The summed E-state index contributed by atoms with van der Waals surface area (Å²) in [4.78, 5) is 26.3. The second-order valence-corrected chi connectivity index (χ2v) is 6.28. The molecule has 0 bridgehead atoms. The zero-order chi connectivity index (χ0) is 18.4. The van der Waals surface area contributed by atoms with Crippen LogP contribution in [0, 0.1) is 5.92 Å². The first-order valence-electron chi connectivity index (χ1n) is 8.92. The number of rotatable bonds is 7. The van der Waals surface area contributed by atoms with E-state index >= 15 is 0 Å². The van der Waals surface area contributed by atoms with Gasteiger partial charge < -0.3 is 15.2 Å². The first-order valence-corrected chi connectivity index (χ1v) is 8.92. The summed E-state index contributed by atoms with van der Waals surface area (Å²) in [5.41, 5.74) is 8.90. The quantitative estimate of drug-likeness (QED) is 0.601. The third-order valence-corrected chi connectivity index (χ3v) is 4.59. The molecule has 0 radical (unpaired) electrons. The Labute approximate surface area is 149 Å². The number of carbonyl (C=O) groups is 2. The minimum atomic E-state index is -0.344. The number of ether oxygens (including phenoxy) is 2. The zero-order valence-electron chi connectivity index (χ0n) is 15.3. The van der Waals surface area contributed by atoms with E-state index in [4.69, 9.17) is 15.2 Å². The zero-order valence-corrected chi connectivity index (χ0v) is 15.3. The summed E-state index contributed by atoms with van der Waals surface area (Å²) in [6.07, 6.45) is 1.17. The van der Waals surface area contributed by atoms with Crippen molar-refractivity contribution in [1.29, 1.82) is 0 Å². The van der Waals surface area contributed by atoms with Gasteiger partial charge in [-0.05, 0) is 43.5 Å². The summed E-state index contributed by atoms with van der Waals surface area (Å²) >= 11 is 0. The van der Waals surface area contributed by atoms with Gasteiger partial charge in [0, 0.05) is 24.8 Å². The molecule has 0 spiro atoms. The third kappa shape index (κ3) is 4.72. The third-order valence-electron chi connectivity index (χ3n) is 4.59. The van der Waals surface area contributed by atoms with Crippen LogP contribution in [0.2, 0.25) is 0 Å². The molecule has 138 valence electrons. The SMILES string of the molecule is CCOC(=O)CCN1CCc2ccc(N)cc2C1C(C)C(=O)OCC. The van der Waals surface area contributed by atoms with Gasteiger partial charge >= 0.3 is 11.9 Å². The molecular formula is C19H28N2O4. The highest BCUT2D eigenvalue weighted by Crippen LogP contribution is 2.37. The lowest BCUT2D eigenvalue weighted by Crippen LogP contribution is -2.42. The van der Waals surface area contributed by atoms with Crippen molar-refractivity contribution in [2.75, 3.05) is 32.0 Å². The van der Waals surface area contributed by atoms with Crippen molar-refractivity contribution in [2.24, 2.45) is 5.92 Å². The van der Waals surface area contributed by atoms with Gasteiger partial charge in [0.05, 0.1) is 25.6 Å². The molecule has 25 heavy (non-hydrogen) atoms. The number of nitrogens with zero attached hydrogens (tertiary/aromatic N) is 1. The topological polar surface area (TPSA) is 81.9 Å². The number of esters is 2. The maximum Gasteiger partial charge on any atom is 0.310 e. The second kappa shape index (κ2) is 8.85. The molecule has 0 aliphatic carbocycles. The molecule has 6 nitrogen and oxygen atoms in total. The van der Waals surface area contributed by atoms with Gasteiger partial charge in [0.1, 0.15) is 0 Å². The fourth-order valence-corrected chi connectivity index (χ4v) is 3.42. The summed E-state index contributed by atoms with van der Waals surface area (Å²) in [6, 6.07) is 5.70. The van der Waals surface area contributed by atoms with Gasteiger partial charge in [-0.1, -0.05) is 13.0 Å². The van der Waals surface area contributed by atoms with E-state index in [9.17, 15) is 9.59 Å². The molecule has 0 amide bonds. The van der Waals surface area contributed by atoms with Crippen LogP contribution in [0.1, 0.15) is 44.4 Å². The molecule has 6 heteroatoms. The molecule has 1 aromatic carbocycles. The number of anilines is 1. The standard InChI is InChI=1S/C19H28N2O4/c1-4-24-17(22)9-11-21-10-8-14-6-7-15(20)12-16(14)18(21)13(3)19(23)25-5-2/h6-7,12-13,18H,4-5,8-11,20H2,1-3H3. The number of benzene rings is 1. The smallest absolute Gasteiger partial charge is 0.310 e.